The van der Waals surface area contributed by atoms with E-state index < -0.39 is 6.36 Å². The molecule has 0 aliphatic heterocycles. The molecule has 126 valence electrons. The maximum absolute atomic E-state index is 12.5. The second-order valence-corrected chi connectivity index (χ2v) is 4.89. The van der Waals surface area contributed by atoms with Gasteiger partial charge in [-0.15, -0.1) is 19.6 Å². The van der Waals surface area contributed by atoms with E-state index in [1.54, 1.807) is 24.3 Å². The summed E-state index contributed by atoms with van der Waals surface area (Å²) in [6.45, 7) is 0.266. The van der Waals surface area contributed by atoms with Gasteiger partial charge >= 0.3 is 6.36 Å². The summed E-state index contributed by atoms with van der Waals surface area (Å²) < 4.78 is 51.8. The number of hydrogen-bond acceptors (Lipinski definition) is 3. The molecule has 0 aliphatic rings. The lowest BCUT2D eigenvalue weighted by Crippen LogP contribution is -2.17. The summed E-state index contributed by atoms with van der Waals surface area (Å²) in [6.07, 6.45) is 0.548. The maximum Gasteiger partial charge on any atom is 0.573 e. The second-order valence-electron chi connectivity index (χ2n) is 4.89. The van der Waals surface area contributed by atoms with Crippen molar-refractivity contribution in [1.82, 2.24) is 0 Å². The SMILES string of the molecule is C#Cc1cc(OC(F)(F)F)cc(-c2ccc(OC)cc2COC)c1. The van der Waals surface area contributed by atoms with Crippen LogP contribution < -0.4 is 9.47 Å². The van der Waals surface area contributed by atoms with E-state index in [-0.39, 0.29) is 17.9 Å². The predicted molar refractivity (Wildman–Crippen MR) is 83.8 cm³/mol. The lowest BCUT2D eigenvalue weighted by molar-refractivity contribution is -0.274. The molecule has 0 aromatic heterocycles. The highest BCUT2D eigenvalue weighted by Gasteiger charge is 2.31. The molecular formula is C18H15F3O3. The van der Waals surface area contributed by atoms with E-state index in [0.717, 1.165) is 11.6 Å². The van der Waals surface area contributed by atoms with Crippen LogP contribution in [0.5, 0.6) is 11.5 Å². The van der Waals surface area contributed by atoms with E-state index in [2.05, 4.69) is 10.7 Å². The standard InChI is InChI=1S/C18H15F3O3/c1-4-12-7-13(9-16(8-12)24-18(19,20)21)17-6-5-15(23-3)10-14(17)11-22-2/h1,5-10H,11H2,2-3H3. The van der Waals surface area contributed by atoms with Crippen molar-refractivity contribution in [2.75, 3.05) is 14.2 Å². The van der Waals surface area contributed by atoms with E-state index in [9.17, 15) is 13.2 Å². The zero-order chi connectivity index (χ0) is 17.7. The first-order valence-corrected chi connectivity index (χ1v) is 6.90. The molecule has 24 heavy (non-hydrogen) atoms. The average Bonchev–Trinajstić information content (AvgIpc) is 2.53. The van der Waals surface area contributed by atoms with Gasteiger partial charge in [-0.25, -0.2) is 0 Å². The third kappa shape index (κ3) is 4.43. The molecule has 3 nitrogen and oxygen atoms in total. The summed E-state index contributed by atoms with van der Waals surface area (Å²) in [6, 6.07) is 9.27. The molecule has 0 N–H and O–H groups in total. The molecule has 0 atom stereocenters. The van der Waals surface area contributed by atoms with Crippen molar-refractivity contribution in [3.63, 3.8) is 0 Å². The number of halogens is 3. The van der Waals surface area contributed by atoms with Gasteiger partial charge in [0.15, 0.2) is 0 Å². The van der Waals surface area contributed by atoms with Gasteiger partial charge in [-0.3, -0.25) is 0 Å². The van der Waals surface area contributed by atoms with E-state index >= 15 is 0 Å². The Labute approximate surface area is 138 Å². The molecule has 2 aromatic carbocycles. The van der Waals surface area contributed by atoms with E-state index in [1.807, 2.05) is 0 Å². The zero-order valence-electron chi connectivity index (χ0n) is 13.1. The zero-order valence-corrected chi connectivity index (χ0v) is 13.1. The Hall–Kier alpha value is -2.65. The fourth-order valence-electron chi connectivity index (χ4n) is 2.28. The van der Waals surface area contributed by atoms with Crippen LogP contribution in [0.2, 0.25) is 0 Å². The largest absolute Gasteiger partial charge is 0.573 e. The molecule has 0 fully saturated rings. The van der Waals surface area contributed by atoms with Crippen molar-refractivity contribution in [2.24, 2.45) is 0 Å². The van der Waals surface area contributed by atoms with Gasteiger partial charge in [0.2, 0.25) is 0 Å². The normalized spacial score (nSPS) is 11.0. The first-order chi connectivity index (χ1) is 11.4. The molecule has 0 saturated heterocycles. The highest BCUT2D eigenvalue weighted by molar-refractivity contribution is 5.71. The van der Waals surface area contributed by atoms with Crippen LogP contribution in [0, 0.1) is 12.3 Å². The molecule has 0 bridgehead atoms. The first-order valence-electron chi connectivity index (χ1n) is 6.90. The monoisotopic (exact) mass is 336 g/mol. The molecule has 0 spiro atoms. The number of methoxy groups -OCH3 is 2. The Morgan fingerprint density at radius 1 is 1.04 bits per heavy atom. The van der Waals surface area contributed by atoms with Crippen molar-refractivity contribution < 1.29 is 27.4 Å². The van der Waals surface area contributed by atoms with Gasteiger partial charge in [-0.05, 0) is 47.0 Å². The molecule has 0 saturated carbocycles. The number of rotatable bonds is 5. The van der Waals surface area contributed by atoms with Crippen LogP contribution in [0.1, 0.15) is 11.1 Å². The summed E-state index contributed by atoms with van der Waals surface area (Å²) >= 11 is 0. The minimum absolute atomic E-state index is 0.266. The lowest BCUT2D eigenvalue weighted by atomic mass is 9.97. The van der Waals surface area contributed by atoms with E-state index in [4.69, 9.17) is 15.9 Å². The molecule has 2 aromatic rings. The molecule has 0 radical (unpaired) electrons. The summed E-state index contributed by atoms with van der Waals surface area (Å²) in [5, 5.41) is 0. The van der Waals surface area contributed by atoms with E-state index in [0.29, 0.717) is 16.9 Å². The first kappa shape index (κ1) is 17.7. The third-order valence-electron chi connectivity index (χ3n) is 3.23. The van der Waals surface area contributed by atoms with Crippen molar-refractivity contribution in [3.8, 4) is 35.0 Å². The highest BCUT2D eigenvalue weighted by atomic mass is 19.4. The summed E-state index contributed by atoms with van der Waals surface area (Å²) in [7, 11) is 3.05. The Kier molecular flexibility index (Phi) is 5.37. The third-order valence-corrected chi connectivity index (χ3v) is 3.23. The van der Waals surface area contributed by atoms with Crippen LogP contribution in [0.15, 0.2) is 36.4 Å². The number of terminal acetylenes is 1. The minimum Gasteiger partial charge on any atom is -0.497 e. The van der Waals surface area contributed by atoms with Crippen molar-refractivity contribution in [3.05, 3.63) is 47.5 Å². The molecule has 0 aliphatic carbocycles. The van der Waals surface area contributed by atoms with Gasteiger partial charge < -0.3 is 14.2 Å². The average molecular weight is 336 g/mol. The lowest BCUT2D eigenvalue weighted by Gasteiger charge is -2.14. The Bertz CT molecular complexity index is 761. The molecular weight excluding hydrogens is 321 g/mol. The number of alkyl halides is 3. The van der Waals surface area contributed by atoms with Crippen LogP contribution in [0.25, 0.3) is 11.1 Å². The van der Waals surface area contributed by atoms with Gasteiger partial charge in [0.05, 0.1) is 13.7 Å². The predicted octanol–water partition coefficient (Wildman–Crippen LogP) is 4.39. The van der Waals surface area contributed by atoms with Crippen LogP contribution in [-0.2, 0) is 11.3 Å². The van der Waals surface area contributed by atoms with Gasteiger partial charge in [-0.1, -0.05) is 12.0 Å². The fourth-order valence-corrected chi connectivity index (χ4v) is 2.28. The number of ether oxygens (including phenoxy) is 3. The van der Waals surface area contributed by atoms with Gasteiger partial charge in [-0.2, -0.15) is 0 Å². The molecule has 0 unspecified atom stereocenters. The quantitative estimate of drug-likeness (QED) is 0.758. The fraction of sp³-hybridized carbons (Fsp3) is 0.222. The molecule has 0 heterocycles. The Balaban J connectivity index is 2.55. The van der Waals surface area contributed by atoms with Crippen molar-refractivity contribution in [2.45, 2.75) is 13.0 Å². The van der Waals surface area contributed by atoms with Crippen LogP contribution in [0.4, 0.5) is 13.2 Å². The van der Waals surface area contributed by atoms with E-state index in [1.165, 1.54) is 20.3 Å². The van der Waals surface area contributed by atoms with Crippen molar-refractivity contribution >= 4 is 0 Å². The molecule has 0 amide bonds. The minimum atomic E-state index is -4.79. The van der Waals surface area contributed by atoms with Crippen molar-refractivity contribution in [1.29, 1.82) is 0 Å². The number of hydrogen-bond donors (Lipinski definition) is 0. The number of benzene rings is 2. The van der Waals surface area contributed by atoms with Crippen LogP contribution in [0.3, 0.4) is 0 Å². The smallest absolute Gasteiger partial charge is 0.497 e. The van der Waals surface area contributed by atoms with Gasteiger partial charge in [0.1, 0.15) is 11.5 Å². The van der Waals surface area contributed by atoms with Gasteiger partial charge in [0.25, 0.3) is 0 Å². The Morgan fingerprint density at radius 3 is 2.38 bits per heavy atom. The second kappa shape index (κ2) is 7.28. The van der Waals surface area contributed by atoms with Gasteiger partial charge in [0, 0.05) is 12.7 Å². The summed E-state index contributed by atoms with van der Waals surface area (Å²) in [5.74, 6) is 2.58. The summed E-state index contributed by atoms with van der Waals surface area (Å²) in [5.41, 5.74) is 2.22. The topological polar surface area (TPSA) is 27.7 Å². The maximum atomic E-state index is 12.5. The molecule has 2 rings (SSSR count). The van der Waals surface area contributed by atoms with Crippen LogP contribution >= 0.6 is 0 Å². The molecule has 6 heteroatoms. The highest BCUT2D eigenvalue weighted by Crippen LogP contribution is 2.33. The van der Waals surface area contributed by atoms with Crippen LogP contribution in [-0.4, -0.2) is 20.6 Å². The Morgan fingerprint density at radius 2 is 1.79 bits per heavy atom. The summed E-state index contributed by atoms with van der Waals surface area (Å²) in [4.78, 5) is 0.